The molecule has 0 fully saturated rings. The van der Waals surface area contributed by atoms with Crippen LogP contribution in [-0.2, 0) is 23.7 Å². The van der Waals surface area contributed by atoms with Crippen molar-refractivity contribution in [1.29, 1.82) is 0 Å². The van der Waals surface area contributed by atoms with Crippen LogP contribution in [0.3, 0.4) is 0 Å². The molecule has 0 nitrogen and oxygen atoms in total. The lowest BCUT2D eigenvalue weighted by Crippen LogP contribution is -2.21. The van der Waals surface area contributed by atoms with Crippen LogP contribution in [0.4, 0.5) is 0 Å². The summed E-state index contributed by atoms with van der Waals surface area (Å²) in [4.78, 5) is 0. The number of rotatable bonds is 8. The Labute approximate surface area is 433 Å². The smallest absolute Gasteiger partial charge is 0.0152 e. The van der Waals surface area contributed by atoms with Gasteiger partial charge in [-0.1, -0.05) is 272 Å². The van der Waals surface area contributed by atoms with E-state index in [0.29, 0.717) is 0 Å². The summed E-state index contributed by atoms with van der Waals surface area (Å²) in [6.07, 6.45) is 2.33. The Hall–Kier alpha value is -7.54. The molecule has 9 aromatic carbocycles. The van der Waals surface area contributed by atoms with Crippen molar-refractivity contribution >= 4 is 11.1 Å². The second-order valence-electron chi connectivity index (χ2n) is 20.1. The first-order valence-corrected chi connectivity index (χ1v) is 25.8. The quantitative estimate of drug-likeness (QED) is 0.142. The Morgan fingerprint density at radius 2 is 0.722 bits per heavy atom. The van der Waals surface area contributed by atoms with Gasteiger partial charge in [0.25, 0.3) is 0 Å². The molecule has 0 aliphatic heterocycles. The summed E-state index contributed by atoms with van der Waals surface area (Å²) in [6.45, 7) is 31.0. The molecule has 0 aromatic heterocycles. The highest BCUT2D eigenvalue weighted by atomic mass is 14.3. The van der Waals surface area contributed by atoms with Gasteiger partial charge >= 0.3 is 0 Å². The predicted octanol–water partition coefficient (Wildman–Crippen LogP) is 19.5. The molecule has 0 radical (unpaired) electrons. The van der Waals surface area contributed by atoms with Crippen LogP contribution in [0.5, 0.6) is 0 Å². The molecule has 0 saturated heterocycles. The average Bonchev–Trinajstić information content (AvgIpc) is 3.53. The fourth-order valence-corrected chi connectivity index (χ4v) is 10.4. The van der Waals surface area contributed by atoms with Crippen molar-refractivity contribution in [2.45, 2.75) is 92.9 Å². The predicted molar refractivity (Wildman–Crippen MR) is 314 cm³/mol. The summed E-state index contributed by atoms with van der Waals surface area (Å²) in [5.74, 6) is 0. The van der Waals surface area contributed by atoms with Crippen LogP contribution in [-0.4, -0.2) is 0 Å². The highest BCUT2D eigenvalue weighted by Gasteiger charge is 2.30. The molecule has 362 valence electrons. The van der Waals surface area contributed by atoms with Gasteiger partial charge in [-0.2, -0.15) is 0 Å². The molecule has 0 saturated carbocycles. The van der Waals surface area contributed by atoms with Crippen LogP contribution >= 0.6 is 0 Å². The topological polar surface area (TPSA) is 0 Å². The first-order chi connectivity index (χ1) is 34.7. The molecular formula is C72H74. The highest BCUT2D eigenvalue weighted by Crippen LogP contribution is 2.42. The van der Waals surface area contributed by atoms with Gasteiger partial charge < -0.3 is 0 Å². The third kappa shape index (κ3) is 11.8. The molecule has 0 bridgehead atoms. The zero-order chi connectivity index (χ0) is 51.4. The van der Waals surface area contributed by atoms with E-state index in [0.717, 1.165) is 57.4 Å². The zero-order valence-corrected chi connectivity index (χ0v) is 44.6. The monoisotopic (exact) mass is 939 g/mol. The number of fused-ring (bicyclic) bond motifs is 2. The minimum Gasteiger partial charge on any atom is -0.0905 e. The molecule has 0 unspecified atom stereocenters. The van der Waals surface area contributed by atoms with E-state index in [1.807, 2.05) is 26.0 Å². The summed E-state index contributed by atoms with van der Waals surface area (Å²) in [5, 5.41) is 0. The van der Waals surface area contributed by atoms with Gasteiger partial charge in [0, 0.05) is 10.8 Å². The maximum atomic E-state index is 4.56. The SMILES string of the molecule is C=C(c1ccccc1)c1cc(-c2ccc(C)cc2)c(C(=C)c2ccccc2)cc1-c1ccc(C)cc1.CC.CC1(C)c2ccccc2CCc2ccccc21.Cc1ccccc1C(C)(C)c1ccccc1C. The third-order valence-corrected chi connectivity index (χ3v) is 14.5. The second kappa shape index (κ2) is 23.6. The maximum Gasteiger partial charge on any atom is 0.0152 e. The number of benzene rings is 9. The fraction of sp³-hybridized carbons (Fsp3) is 0.194. The zero-order valence-electron chi connectivity index (χ0n) is 44.6. The lowest BCUT2D eigenvalue weighted by Gasteiger charge is -2.29. The number of aryl methyl sites for hydroxylation is 6. The maximum absolute atomic E-state index is 4.56. The third-order valence-electron chi connectivity index (χ3n) is 14.5. The minimum atomic E-state index is 0.0662. The normalized spacial score (nSPS) is 12.1. The molecule has 0 atom stereocenters. The van der Waals surface area contributed by atoms with Crippen molar-refractivity contribution in [3.8, 4) is 22.3 Å². The Bertz CT molecular complexity index is 3010. The Balaban J connectivity index is 0.000000175. The molecule has 1 aliphatic carbocycles. The van der Waals surface area contributed by atoms with E-state index in [-0.39, 0.29) is 10.8 Å². The summed E-state index contributed by atoms with van der Waals surface area (Å²) in [7, 11) is 0. The van der Waals surface area contributed by atoms with E-state index >= 15 is 0 Å². The van der Waals surface area contributed by atoms with Gasteiger partial charge in [-0.15, -0.1) is 0 Å². The lowest BCUT2D eigenvalue weighted by molar-refractivity contribution is 0.631. The van der Waals surface area contributed by atoms with Crippen LogP contribution in [0.15, 0.2) is 232 Å². The van der Waals surface area contributed by atoms with Gasteiger partial charge in [-0.3, -0.25) is 0 Å². The van der Waals surface area contributed by atoms with Crippen LogP contribution in [0.2, 0.25) is 0 Å². The molecule has 10 rings (SSSR count). The van der Waals surface area contributed by atoms with Gasteiger partial charge in [0.15, 0.2) is 0 Å². The molecule has 0 spiro atoms. The highest BCUT2D eigenvalue weighted by molar-refractivity contribution is 5.96. The fourth-order valence-electron chi connectivity index (χ4n) is 10.4. The number of hydrogen-bond acceptors (Lipinski definition) is 0. The van der Waals surface area contributed by atoms with E-state index < -0.39 is 0 Å². The summed E-state index contributed by atoms with van der Waals surface area (Å²) in [6, 6.07) is 78.1. The van der Waals surface area contributed by atoms with E-state index in [2.05, 4.69) is 275 Å². The molecule has 9 aromatic rings. The molecular weight excluding hydrogens is 865 g/mol. The van der Waals surface area contributed by atoms with E-state index in [1.165, 1.54) is 66.8 Å². The van der Waals surface area contributed by atoms with E-state index in [1.54, 1.807) is 0 Å². The molecule has 0 amide bonds. The first-order valence-electron chi connectivity index (χ1n) is 25.8. The second-order valence-corrected chi connectivity index (χ2v) is 20.1. The summed E-state index contributed by atoms with van der Waals surface area (Å²) >= 11 is 0. The summed E-state index contributed by atoms with van der Waals surface area (Å²) in [5.41, 5.74) is 25.4. The molecule has 0 heteroatoms. The minimum absolute atomic E-state index is 0.0662. The molecule has 0 heterocycles. The Kier molecular flexibility index (Phi) is 17.1. The van der Waals surface area contributed by atoms with Gasteiger partial charge in [-0.25, -0.2) is 0 Å². The van der Waals surface area contributed by atoms with Gasteiger partial charge in [0.1, 0.15) is 0 Å². The van der Waals surface area contributed by atoms with Crippen molar-refractivity contribution in [2.24, 2.45) is 0 Å². The van der Waals surface area contributed by atoms with Crippen molar-refractivity contribution in [3.63, 3.8) is 0 Å². The average molecular weight is 939 g/mol. The van der Waals surface area contributed by atoms with Crippen LogP contribution in [0, 0.1) is 27.7 Å². The van der Waals surface area contributed by atoms with Gasteiger partial charge in [0.2, 0.25) is 0 Å². The Morgan fingerprint density at radius 1 is 0.403 bits per heavy atom. The largest absolute Gasteiger partial charge is 0.0905 e. The van der Waals surface area contributed by atoms with E-state index in [4.69, 9.17) is 0 Å². The van der Waals surface area contributed by atoms with Crippen LogP contribution in [0.1, 0.15) is 119 Å². The van der Waals surface area contributed by atoms with Crippen molar-refractivity contribution in [2.75, 3.05) is 0 Å². The lowest BCUT2D eigenvalue weighted by atomic mass is 9.75. The van der Waals surface area contributed by atoms with Crippen LogP contribution in [0.25, 0.3) is 33.4 Å². The summed E-state index contributed by atoms with van der Waals surface area (Å²) < 4.78 is 0. The van der Waals surface area contributed by atoms with Gasteiger partial charge in [-0.05, 0) is 153 Å². The standard InChI is InChI=1S/C36H30.C17H18.C17H20.C2H6/c1-25-15-19-31(20-16-25)35-23-34(28(4)30-13-9-6-10-14-30)36(32-21-17-26(2)18-22-32)24-33(35)27(3)29-11-7-5-8-12-29;1-17(2)15-9-5-3-7-13(15)11-12-14-8-4-6-10-16(14)17;1-13-9-5-7-11-15(13)17(3,4)16-12-8-6-10-14(16)2;1-2/h5-24H,3-4H2,1-2H3;3-10H,11-12H2,1-2H3;5-12H,1-4H3;1-2H3. The first kappa shape index (κ1) is 52.3. The molecule has 0 N–H and O–H groups in total. The van der Waals surface area contributed by atoms with Gasteiger partial charge in [0.05, 0.1) is 0 Å². The van der Waals surface area contributed by atoms with E-state index in [9.17, 15) is 0 Å². The Morgan fingerprint density at radius 3 is 1.08 bits per heavy atom. The molecule has 72 heavy (non-hydrogen) atoms. The van der Waals surface area contributed by atoms with Crippen molar-refractivity contribution < 1.29 is 0 Å². The van der Waals surface area contributed by atoms with Crippen LogP contribution < -0.4 is 0 Å². The number of hydrogen-bond donors (Lipinski definition) is 0. The molecule has 1 aliphatic rings. The van der Waals surface area contributed by atoms with Crippen molar-refractivity contribution in [1.82, 2.24) is 0 Å². The van der Waals surface area contributed by atoms with Crippen molar-refractivity contribution in [3.05, 3.63) is 309 Å².